The quantitative estimate of drug-likeness (QED) is 0.918. The number of rotatable bonds is 4. The van der Waals surface area contributed by atoms with E-state index in [1.807, 2.05) is 12.1 Å². The number of fused-ring (bicyclic) bond motifs is 1. The number of carbonyl (C=O) groups excluding carboxylic acids is 1. The number of piperidine rings is 1. The summed E-state index contributed by atoms with van der Waals surface area (Å²) in [6, 6.07) is 4.68. The molecule has 0 bridgehead atoms. The van der Waals surface area contributed by atoms with Gasteiger partial charge in [0.25, 0.3) is 0 Å². The predicted molar refractivity (Wildman–Crippen MR) is 91.2 cm³/mol. The molecule has 3 aliphatic rings. The molecule has 1 N–H and O–H groups in total. The number of amides is 1. The zero-order valence-electron chi connectivity index (χ0n) is 14.2. The molecule has 24 heavy (non-hydrogen) atoms. The van der Waals surface area contributed by atoms with Gasteiger partial charge >= 0.3 is 0 Å². The molecule has 4 rings (SSSR count). The third-order valence-electron chi connectivity index (χ3n) is 5.95. The minimum absolute atomic E-state index is 0.00994. The summed E-state index contributed by atoms with van der Waals surface area (Å²) in [5.74, 6) is 0.629. The van der Waals surface area contributed by atoms with E-state index in [-0.39, 0.29) is 11.8 Å². The molecule has 5 heteroatoms. The van der Waals surface area contributed by atoms with E-state index in [0.717, 1.165) is 31.0 Å². The normalized spacial score (nSPS) is 31.1. The molecule has 1 aromatic rings. The molecular weight excluding hydrogens is 302 g/mol. The van der Waals surface area contributed by atoms with Crippen molar-refractivity contribution >= 4 is 5.91 Å². The summed E-state index contributed by atoms with van der Waals surface area (Å²) in [5, 5.41) is 3.05. The predicted octanol–water partition coefficient (Wildman–Crippen LogP) is 1.98. The van der Waals surface area contributed by atoms with Crippen LogP contribution in [0.2, 0.25) is 0 Å². The molecule has 2 saturated heterocycles. The Labute approximate surface area is 143 Å². The fraction of sp³-hybridized carbons (Fsp3) is 0.684. The first kappa shape index (κ1) is 16.0. The molecule has 0 aromatic carbocycles. The van der Waals surface area contributed by atoms with Gasteiger partial charge in [0.15, 0.2) is 0 Å². The van der Waals surface area contributed by atoms with Crippen LogP contribution in [0.4, 0.5) is 0 Å². The van der Waals surface area contributed by atoms with Crippen molar-refractivity contribution in [2.75, 3.05) is 19.7 Å². The maximum absolute atomic E-state index is 12.5. The number of hydrogen-bond donors (Lipinski definition) is 1. The summed E-state index contributed by atoms with van der Waals surface area (Å²) in [6.45, 7) is 3.40. The second kappa shape index (κ2) is 7.19. The molecule has 0 unspecified atom stereocenters. The van der Waals surface area contributed by atoms with Crippen LogP contribution in [-0.2, 0) is 16.1 Å². The summed E-state index contributed by atoms with van der Waals surface area (Å²) in [4.78, 5) is 19.2. The summed E-state index contributed by atoms with van der Waals surface area (Å²) in [5.41, 5.74) is 1.04. The van der Waals surface area contributed by atoms with Crippen molar-refractivity contribution < 1.29 is 9.53 Å². The van der Waals surface area contributed by atoms with Crippen LogP contribution in [0.5, 0.6) is 0 Å². The molecule has 1 aliphatic carbocycles. The van der Waals surface area contributed by atoms with E-state index in [0.29, 0.717) is 25.2 Å². The number of pyridine rings is 1. The number of hydrogen-bond acceptors (Lipinski definition) is 4. The van der Waals surface area contributed by atoms with Gasteiger partial charge in [0.2, 0.25) is 5.91 Å². The molecule has 1 aromatic heterocycles. The Bertz CT molecular complexity index is 561. The van der Waals surface area contributed by atoms with Crippen molar-refractivity contribution in [3.63, 3.8) is 0 Å². The minimum Gasteiger partial charge on any atom is -0.377 e. The molecule has 3 atom stereocenters. The third kappa shape index (κ3) is 3.47. The van der Waals surface area contributed by atoms with Gasteiger partial charge in [0.05, 0.1) is 18.6 Å². The van der Waals surface area contributed by atoms with Gasteiger partial charge in [-0.1, -0.05) is 12.5 Å². The van der Waals surface area contributed by atoms with Gasteiger partial charge in [-0.25, -0.2) is 0 Å². The second-order valence-corrected chi connectivity index (χ2v) is 7.51. The maximum atomic E-state index is 12.5. The van der Waals surface area contributed by atoms with Crippen LogP contribution in [0.3, 0.4) is 0 Å². The van der Waals surface area contributed by atoms with E-state index in [1.165, 1.54) is 25.8 Å². The van der Waals surface area contributed by atoms with Crippen LogP contribution in [0.1, 0.15) is 37.7 Å². The first-order chi connectivity index (χ1) is 11.8. The number of ether oxygens (including phenoxy) is 1. The van der Waals surface area contributed by atoms with Gasteiger partial charge < -0.3 is 10.1 Å². The average Bonchev–Trinajstić information content (AvgIpc) is 2.58. The largest absolute Gasteiger partial charge is 0.377 e. The van der Waals surface area contributed by atoms with E-state index in [1.54, 1.807) is 12.4 Å². The van der Waals surface area contributed by atoms with Crippen molar-refractivity contribution in [1.29, 1.82) is 0 Å². The molecule has 3 fully saturated rings. The van der Waals surface area contributed by atoms with Crippen LogP contribution >= 0.6 is 0 Å². The molecule has 1 saturated carbocycles. The lowest BCUT2D eigenvalue weighted by molar-refractivity contribution is -0.140. The Hall–Kier alpha value is -1.46. The molecule has 3 heterocycles. The standard InChI is InChI=1S/C19H27N3O2/c23-19(21-11-14-3-2-7-20-10-14)16-9-15-12-22(17-4-1-5-17)8-6-18(15)24-13-16/h2-3,7,10,15-18H,1,4-6,8-9,11-13H2,(H,21,23)/t15-,16-,18+/m1/s1. The fourth-order valence-electron chi connectivity index (χ4n) is 4.26. The van der Waals surface area contributed by atoms with E-state index in [4.69, 9.17) is 4.74 Å². The summed E-state index contributed by atoms with van der Waals surface area (Å²) in [7, 11) is 0. The third-order valence-corrected chi connectivity index (χ3v) is 5.95. The topological polar surface area (TPSA) is 54.5 Å². The van der Waals surface area contributed by atoms with Gasteiger partial charge in [0.1, 0.15) is 0 Å². The van der Waals surface area contributed by atoms with Gasteiger partial charge in [-0.15, -0.1) is 0 Å². The highest BCUT2D eigenvalue weighted by molar-refractivity contribution is 5.78. The number of carbonyl (C=O) groups is 1. The highest BCUT2D eigenvalue weighted by Gasteiger charge is 2.40. The van der Waals surface area contributed by atoms with Crippen LogP contribution in [0, 0.1) is 11.8 Å². The van der Waals surface area contributed by atoms with E-state index < -0.39 is 0 Å². The second-order valence-electron chi connectivity index (χ2n) is 7.51. The minimum atomic E-state index is -0.00994. The smallest absolute Gasteiger partial charge is 0.225 e. The van der Waals surface area contributed by atoms with Crippen LogP contribution in [0.15, 0.2) is 24.5 Å². The summed E-state index contributed by atoms with van der Waals surface area (Å²) >= 11 is 0. The Morgan fingerprint density at radius 3 is 3.04 bits per heavy atom. The first-order valence-electron chi connectivity index (χ1n) is 9.32. The van der Waals surface area contributed by atoms with E-state index in [2.05, 4.69) is 15.2 Å². The van der Waals surface area contributed by atoms with Crippen molar-refractivity contribution in [3.05, 3.63) is 30.1 Å². The highest BCUT2D eigenvalue weighted by atomic mass is 16.5. The molecule has 130 valence electrons. The SMILES string of the molecule is O=C(NCc1cccnc1)[C@H]1CO[C@H]2CCN(C3CCC3)C[C@H]2C1. The molecular formula is C19H27N3O2. The zero-order chi connectivity index (χ0) is 16.4. The summed E-state index contributed by atoms with van der Waals surface area (Å²) in [6.07, 6.45) is 10.1. The zero-order valence-corrected chi connectivity index (χ0v) is 14.2. The fourth-order valence-corrected chi connectivity index (χ4v) is 4.26. The number of aromatic nitrogens is 1. The Morgan fingerprint density at radius 2 is 2.29 bits per heavy atom. The Kier molecular flexibility index (Phi) is 4.81. The molecule has 1 amide bonds. The van der Waals surface area contributed by atoms with Gasteiger partial charge in [-0.2, -0.15) is 0 Å². The Balaban J connectivity index is 1.29. The lowest BCUT2D eigenvalue weighted by Gasteiger charge is -2.47. The van der Waals surface area contributed by atoms with Crippen molar-refractivity contribution in [2.45, 2.75) is 50.8 Å². The lowest BCUT2D eigenvalue weighted by atomic mass is 9.81. The number of likely N-dealkylation sites (tertiary alicyclic amines) is 1. The number of nitrogens with zero attached hydrogens (tertiary/aromatic N) is 2. The van der Waals surface area contributed by atoms with Crippen molar-refractivity contribution in [1.82, 2.24) is 15.2 Å². The van der Waals surface area contributed by atoms with Crippen molar-refractivity contribution in [2.24, 2.45) is 11.8 Å². The molecule has 0 spiro atoms. The van der Waals surface area contributed by atoms with Crippen LogP contribution in [0.25, 0.3) is 0 Å². The van der Waals surface area contributed by atoms with E-state index in [9.17, 15) is 4.79 Å². The molecule has 2 aliphatic heterocycles. The van der Waals surface area contributed by atoms with Crippen molar-refractivity contribution in [3.8, 4) is 0 Å². The van der Waals surface area contributed by atoms with Crippen LogP contribution < -0.4 is 5.32 Å². The summed E-state index contributed by atoms with van der Waals surface area (Å²) < 4.78 is 6.05. The first-order valence-corrected chi connectivity index (χ1v) is 9.32. The highest BCUT2D eigenvalue weighted by Crippen LogP contribution is 2.35. The van der Waals surface area contributed by atoms with Gasteiger partial charge in [0, 0.05) is 38.1 Å². The molecule has 5 nitrogen and oxygen atoms in total. The lowest BCUT2D eigenvalue weighted by Crippen LogP contribution is -2.54. The maximum Gasteiger partial charge on any atom is 0.225 e. The number of nitrogens with one attached hydrogen (secondary N) is 1. The Morgan fingerprint density at radius 1 is 1.38 bits per heavy atom. The van der Waals surface area contributed by atoms with E-state index >= 15 is 0 Å². The van der Waals surface area contributed by atoms with Gasteiger partial charge in [-0.3, -0.25) is 14.7 Å². The average molecular weight is 329 g/mol. The van der Waals surface area contributed by atoms with Gasteiger partial charge in [-0.05, 0) is 43.2 Å². The monoisotopic (exact) mass is 329 g/mol. The van der Waals surface area contributed by atoms with Crippen LogP contribution in [-0.4, -0.2) is 47.6 Å². The molecule has 0 radical (unpaired) electrons.